The molecule has 0 spiro atoms. The summed E-state index contributed by atoms with van der Waals surface area (Å²) in [6.07, 6.45) is 10.5. The molecule has 2 aliphatic heterocycles. The third kappa shape index (κ3) is 66.2. The Labute approximate surface area is 795 Å². The maximum absolute atomic E-state index is 13.8. The van der Waals surface area contributed by atoms with Crippen LogP contribution in [-0.4, -0.2) is 295 Å². The predicted octanol–water partition coefficient (Wildman–Crippen LogP) is 5.23. The number of nitrogens with two attached hydrogens (primary N) is 1. The van der Waals surface area contributed by atoms with Crippen molar-refractivity contribution in [1.82, 2.24) is 30.7 Å². The number of nitrogens with one attached hydrogen (secondary N) is 1. The summed E-state index contributed by atoms with van der Waals surface area (Å²) in [6.45, 7) is 5.18. The standard InChI is InChI=1S/C11H14F2N2O5S2.C10H12F2N2O3S.C10H10F2N2O3S.C9H10F2N2O2S.C7H3ClF2O2.C6H5F2NO2S.C5H13NO2.2C4H8O.C2H3N.CH3ClO2S.CH3F.CH4O.B.H3N.Na.H2O.H/c1-15(2)7-14-22(18,19)8-4-10(12)9(11(13)5-8)6-20-21(3,16)17;2*1-14(2)6-13-18(16,17)7-3-9(11)8(5-15)10(12)4-7;1-13(2)6-12-16(14,15)9-4-7(10)3-8(11)5-9;8-12-7(11)4-1-5(9)3-6(10)2-4;7-4-1-5(8)3-6(2-4)12(9,10)11;1-6(2)5(7-3)8-4;2*1-2-4-5-3-1;1-2-3;1-5(2,3)4;2*1-2;;;;;/h4-5,7H,6H2,1-3H3;3-4,6,15H,5H2,1-2H3;3-6H,1-2H3;3-6H,1-2H3;1-3H;1-3H,(H2,9,10,11);5H,1-4H3;2*1-4H2;3H,1H2;1H3;1H3;2H,1H3;;1H3;;1H2;/q;;;;;;;;;;;;;;;+1;;-1/i;;;;;;;;;;;1D;;;;;;. The van der Waals surface area contributed by atoms with Crippen LogP contribution in [0.3, 0.4) is 0 Å². The zero-order valence-corrected chi connectivity index (χ0v) is 82.6. The van der Waals surface area contributed by atoms with Gasteiger partial charge in [-0.25, -0.2) is 79.5 Å². The van der Waals surface area contributed by atoms with E-state index in [1.807, 2.05) is 19.0 Å². The third-order valence-corrected chi connectivity index (χ3v) is 18.9. The molecule has 0 amide bonds. The van der Waals surface area contributed by atoms with Crippen LogP contribution in [0.4, 0.5) is 57.1 Å². The van der Waals surface area contributed by atoms with Crippen LogP contribution in [-0.2, 0) is 110 Å². The molecule has 2 heterocycles. The number of benzene rings is 6. The molecule has 6 aromatic carbocycles. The Morgan fingerprint density at radius 3 is 0.962 bits per heavy atom. The summed E-state index contributed by atoms with van der Waals surface area (Å²) in [5, 5.41) is 26.2. The second-order valence-electron chi connectivity index (χ2n) is 24.4. The van der Waals surface area contributed by atoms with Crippen LogP contribution in [0.5, 0.6) is 0 Å². The molecule has 0 aromatic heterocycles. The van der Waals surface area contributed by atoms with Crippen molar-refractivity contribution < 1.29 is 201 Å². The number of carbonyl (C=O) groups excluding carboxylic acids is 2. The number of rotatable bonds is 22. The van der Waals surface area contributed by atoms with Gasteiger partial charge in [-0.05, 0) is 125 Å². The topological polar surface area (TPSA) is 551 Å². The van der Waals surface area contributed by atoms with Gasteiger partial charge in [0.05, 0.1) is 75.4 Å². The molecular weight excluding hydrogens is 2000 g/mol. The number of nitrogens with zero attached hydrogens (tertiary/aromatic N) is 9. The van der Waals surface area contributed by atoms with Crippen LogP contribution in [0.1, 0.15) is 60.3 Å². The molecule has 10 N–H and O–H groups in total. The van der Waals surface area contributed by atoms with E-state index in [4.69, 9.17) is 47.8 Å². The molecule has 2 fully saturated rings. The smallest absolute Gasteiger partial charge is 1.00 e. The van der Waals surface area contributed by atoms with E-state index in [1.165, 1.54) is 73.5 Å². The monoisotopic (exact) mass is 2100 g/mol. The van der Waals surface area contributed by atoms with Gasteiger partial charge in [0.15, 0.2) is 6.29 Å². The molecule has 132 heavy (non-hydrogen) atoms. The predicted molar refractivity (Wildman–Crippen MR) is 466 cm³/mol. The van der Waals surface area contributed by atoms with E-state index in [0.29, 0.717) is 78.9 Å². The summed E-state index contributed by atoms with van der Waals surface area (Å²) >= 11 is 4.70. The number of aliphatic hydroxyl groups is 2. The summed E-state index contributed by atoms with van der Waals surface area (Å²) in [7, 11) is -3.94. The molecule has 61 heteroatoms. The van der Waals surface area contributed by atoms with Crippen molar-refractivity contribution in [2.24, 2.45) is 22.7 Å². The van der Waals surface area contributed by atoms with Crippen LogP contribution in [0.25, 0.3) is 0 Å². The van der Waals surface area contributed by atoms with Gasteiger partial charge in [-0.3, -0.25) is 23.7 Å². The Balaban J connectivity index is -0.000000161. The fourth-order valence-corrected chi connectivity index (χ4v) is 12.0. The molecule has 6 aromatic rings. The molecule has 0 bridgehead atoms. The number of ether oxygens (including phenoxy) is 4. The Kier molecular flexibility index (Phi) is 76.1. The number of alkyl halides is 1. The number of primary sulfonamides is 1. The maximum atomic E-state index is 13.8. The maximum Gasteiger partial charge on any atom is 1.00 e. The van der Waals surface area contributed by atoms with E-state index in [1.54, 1.807) is 48.3 Å². The molecule has 8 rings (SSSR count). The minimum Gasteiger partial charge on any atom is -1.00 e. The first-order valence-corrected chi connectivity index (χ1v) is 46.2. The van der Waals surface area contributed by atoms with E-state index < -0.39 is 207 Å². The Hall–Kier alpha value is -8.27. The number of hydrogen-bond acceptors (Lipinski definition) is 27. The molecule has 2 saturated heterocycles. The van der Waals surface area contributed by atoms with Crippen LogP contribution in [0.2, 0.25) is 0 Å². The van der Waals surface area contributed by atoms with Gasteiger partial charge in [-0.15, -0.1) is 17.6 Å². The van der Waals surface area contributed by atoms with E-state index in [2.05, 4.69) is 48.5 Å². The number of aliphatic hydroxyl groups excluding tert-OH is 2. The molecule has 747 valence electrons. The van der Waals surface area contributed by atoms with Gasteiger partial charge < -0.3 is 66.1 Å². The van der Waals surface area contributed by atoms with Crippen LogP contribution in [0, 0.1) is 75.2 Å². The van der Waals surface area contributed by atoms with Crippen LogP contribution >= 0.6 is 22.5 Å². The normalized spacial score (nSPS) is 11.9. The number of sulfonamides is 5. The van der Waals surface area contributed by atoms with E-state index in [9.17, 15) is 126 Å². The first-order valence-electron chi connectivity index (χ1n) is 34.8. The Morgan fingerprint density at radius 1 is 0.538 bits per heavy atom. The van der Waals surface area contributed by atoms with Crippen molar-refractivity contribution in [3.63, 3.8) is 0 Å². The summed E-state index contributed by atoms with van der Waals surface area (Å²) < 4.78 is 367. The van der Waals surface area contributed by atoms with Gasteiger partial charge >= 0.3 is 35.5 Å². The molecule has 2 aliphatic rings. The van der Waals surface area contributed by atoms with Gasteiger partial charge in [0, 0.05) is 147 Å². The second-order valence-corrected chi connectivity index (χ2v) is 37.4. The molecule has 0 unspecified atom stereocenters. The molecule has 0 saturated carbocycles. The average molecular weight is 2100 g/mol. The van der Waals surface area contributed by atoms with Gasteiger partial charge in [-0.1, -0.05) is 0 Å². The molecule has 0 atom stereocenters. The number of aldehydes is 1. The van der Waals surface area contributed by atoms with Crippen molar-refractivity contribution >= 4 is 144 Å². The zero-order chi connectivity index (χ0) is 101. The summed E-state index contributed by atoms with van der Waals surface area (Å²) in [4.78, 5) is 25.2. The molecule has 0 aliphatic carbocycles. The van der Waals surface area contributed by atoms with Crippen molar-refractivity contribution in [2.75, 3.05) is 138 Å². The van der Waals surface area contributed by atoms with Crippen LogP contribution < -0.4 is 40.8 Å². The first-order chi connectivity index (χ1) is 59.4. The largest absolute Gasteiger partial charge is 1.00 e. The fraction of sp³-hybridized carbons (Fsp3) is 0.380. The summed E-state index contributed by atoms with van der Waals surface area (Å²) in [6, 6.07) is 9.63. The summed E-state index contributed by atoms with van der Waals surface area (Å²) in [5.74, 6) is -12.1. The molecule has 37 nitrogen and oxygen atoms in total. The van der Waals surface area contributed by atoms with Crippen molar-refractivity contribution in [1.29, 1.82) is 5.41 Å². The minimum atomic E-state index is -4.27. The van der Waals surface area contributed by atoms with Gasteiger partial charge in [0.25, 0.3) is 50.2 Å². The molecule has 3 radical (unpaired) electrons. The van der Waals surface area contributed by atoms with E-state index in [0.717, 1.165) is 83.5 Å². The second kappa shape index (κ2) is 72.2. The van der Waals surface area contributed by atoms with Crippen LogP contribution in [0.15, 0.2) is 140 Å². The first kappa shape index (κ1) is 139. The van der Waals surface area contributed by atoms with Crippen molar-refractivity contribution in [3.05, 3.63) is 190 Å². The van der Waals surface area contributed by atoms with Gasteiger partial charge in [0.1, 0.15) is 107 Å². The average Bonchev–Trinajstić information content (AvgIpc) is 1.29. The summed E-state index contributed by atoms with van der Waals surface area (Å²) in [5.41, 5.74) is -2.35. The number of halogens is 15. The number of hydrogen-bond donors (Lipinski definition) is 5. The Morgan fingerprint density at radius 2 is 0.773 bits per heavy atom. The number of methoxy groups -OCH3 is 2. The number of carbonyl (C=O) groups is 2. The van der Waals surface area contributed by atoms with Gasteiger partial charge in [0.2, 0.25) is 25.5 Å². The quantitative estimate of drug-likeness (QED) is 0.00848. The third-order valence-electron chi connectivity index (χ3n) is 12.5. The fourth-order valence-electron chi connectivity index (χ4n) is 7.23. The zero-order valence-electron chi connectivity index (χ0n) is 75.4. The SMILES string of the molecule is C1CCOC1.C1CCOC1.C=C=N.CN(C)C=NS(=O)(=O)c1cc(F)c(C=O)c(F)c1.CN(C)C=NS(=O)(=O)c1cc(F)c(CO)c(F)c1.CN(C)C=NS(=O)(=O)c1cc(F)c(COS(C)(=O)=O)c(F)c1.CN(C)C=NS(=O)(=O)c1cc(F)cc(F)c1.CO.COC(OC)N(C)C.CS(=O)(=O)Cl.N.NS(=O)(=O)c1cc(F)cc(F)c1.O.O=C(OCl)c1cc(F)cc(F)c1.[2H]CF.[B].[H-].[Na+]. The van der Waals surface area contributed by atoms with E-state index in [-0.39, 0.29) is 69.3 Å². The Bertz CT molecular complexity index is 5340. The minimum absolute atomic E-state index is 0. The van der Waals surface area contributed by atoms with Crippen molar-refractivity contribution in [3.8, 4) is 0 Å². The molecular formula is C71H102BCl2F13N12NaO25S7. The van der Waals surface area contributed by atoms with E-state index >= 15 is 0 Å². The van der Waals surface area contributed by atoms with Crippen molar-refractivity contribution in [2.45, 2.75) is 69.8 Å². The van der Waals surface area contributed by atoms with Gasteiger partial charge in [-0.2, -0.15) is 42.1 Å².